The van der Waals surface area contributed by atoms with E-state index in [9.17, 15) is 13.6 Å². The van der Waals surface area contributed by atoms with Gasteiger partial charge in [-0.25, -0.2) is 0 Å². The number of halogens is 3. The smallest absolute Gasteiger partial charge is 0.387 e. The van der Waals surface area contributed by atoms with E-state index in [1.165, 1.54) is 32.0 Å². The zero-order valence-corrected chi connectivity index (χ0v) is 17.1. The molecular weight excluding hydrogens is 412 g/mol. The van der Waals surface area contributed by atoms with Gasteiger partial charge in [-0.05, 0) is 42.8 Å². The second kappa shape index (κ2) is 10.4. The average Bonchev–Trinajstić information content (AvgIpc) is 2.66. The van der Waals surface area contributed by atoms with Crippen molar-refractivity contribution in [1.29, 1.82) is 0 Å². The van der Waals surface area contributed by atoms with Crippen molar-refractivity contribution in [2.45, 2.75) is 24.5 Å². The Morgan fingerprint density at radius 1 is 1.11 bits per heavy atom. The van der Waals surface area contributed by atoms with Crippen LogP contribution in [0.1, 0.15) is 12.5 Å². The molecule has 1 amide bonds. The number of nitrogens with one attached hydrogen (secondary N) is 1. The number of carbonyl (C=O) groups is 1. The number of amides is 1. The lowest BCUT2D eigenvalue weighted by Gasteiger charge is -2.14. The van der Waals surface area contributed by atoms with Crippen molar-refractivity contribution in [1.82, 2.24) is 0 Å². The number of benzene rings is 2. The first-order chi connectivity index (χ1) is 13.3. The molecule has 1 unspecified atom stereocenters. The van der Waals surface area contributed by atoms with Gasteiger partial charge in [0.1, 0.15) is 5.75 Å². The molecule has 0 bridgehead atoms. The first kappa shape index (κ1) is 22.1. The van der Waals surface area contributed by atoms with E-state index in [2.05, 4.69) is 10.1 Å². The number of rotatable bonds is 9. The van der Waals surface area contributed by atoms with Gasteiger partial charge in [0.05, 0.1) is 24.5 Å². The Bertz CT molecular complexity index is 823. The van der Waals surface area contributed by atoms with Gasteiger partial charge in [-0.3, -0.25) is 4.79 Å². The van der Waals surface area contributed by atoms with Crippen LogP contribution in [0.2, 0.25) is 5.02 Å². The molecule has 0 heterocycles. The summed E-state index contributed by atoms with van der Waals surface area (Å²) in [6.45, 7) is -1.15. The predicted molar refractivity (Wildman–Crippen MR) is 107 cm³/mol. The minimum absolute atomic E-state index is 0.0339. The van der Waals surface area contributed by atoms with E-state index in [1.54, 1.807) is 37.3 Å². The molecule has 0 aliphatic heterocycles. The van der Waals surface area contributed by atoms with Gasteiger partial charge < -0.3 is 19.5 Å². The highest BCUT2D eigenvalue weighted by molar-refractivity contribution is 7.99. The fourth-order valence-electron chi connectivity index (χ4n) is 2.28. The van der Waals surface area contributed by atoms with Crippen LogP contribution in [0.25, 0.3) is 0 Å². The normalized spacial score (nSPS) is 11.8. The lowest BCUT2D eigenvalue weighted by molar-refractivity contribution is -0.115. The maximum atomic E-state index is 12.4. The molecule has 0 fully saturated rings. The van der Waals surface area contributed by atoms with E-state index in [0.717, 1.165) is 5.56 Å². The summed E-state index contributed by atoms with van der Waals surface area (Å²) in [5.41, 5.74) is 1.38. The Hall–Kier alpha value is -2.19. The summed E-state index contributed by atoms with van der Waals surface area (Å²) in [5.74, 6) is 1.01. The van der Waals surface area contributed by atoms with Crippen LogP contribution < -0.4 is 19.5 Å². The van der Waals surface area contributed by atoms with Crippen LogP contribution in [0.3, 0.4) is 0 Å². The molecule has 0 aliphatic rings. The summed E-state index contributed by atoms with van der Waals surface area (Å²) in [7, 11) is 2.89. The second-order valence-electron chi connectivity index (χ2n) is 5.66. The molecule has 0 saturated heterocycles. The van der Waals surface area contributed by atoms with Crippen LogP contribution in [0.15, 0.2) is 36.4 Å². The number of anilines is 1. The van der Waals surface area contributed by atoms with Crippen LogP contribution in [-0.4, -0.2) is 32.0 Å². The number of carbonyl (C=O) groups excluding carboxylic acids is 1. The molecule has 1 atom stereocenters. The van der Waals surface area contributed by atoms with Crippen molar-refractivity contribution in [3.05, 3.63) is 47.0 Å². The quantitative estimate of drug-likeness (QED) is 0.590. The van der Waals surface area contributed by atoms with Crippen LogP contribution in [0, 0.1) is 0 Å². The standard InChI is InChI=1S/C19H20ClF2NO4S/c1-11(18(24)23-13-5-7-15(25-2)14(20)9-13)28-10-12-4-6-16(27-19(21)22)17(8-12)26-3/h4-9,11,19H,10H2,1-3H3,(H,23,24). The molecule has 2 rings (SSSR count). The van der Waals surface area contributed by atoms with E-state index in [1.807, 2.05) is 0 Å². The Morgan fingerprint density at radius 2 is 1.79 bits per heavy atom. The van der Waals surface area contributed by atoms with E-state index in [-0.39, 0.29) is 22.7 Å². The highest BCUT2D eigenvalue weighted by Gasteiger charge is 2.16. The van der Waals surface area contributed by atoms with E-state index < -0.39 is 6.61 Å². The first-order valence-corrected chi connectivity index (χ1v) is 9.64. The summed E-state index contributed by atoms with van der Waals surface area (Å²) in [5, 5.41) is 2.84. The fourth-order valence-corrected chi connectivity index (χ4v) is 3.37. The summed E-state index contributed by atoms with van der Waals surface area (Å²) in [6.07, 6.45) is 0. The first-order valence-electron chi connectivity index (χ1n) is 8.21. The lowest BCUT2D eigenvalue weighted by atomic mass is 10.2. The number of alkyl halides is 2. The molecule has 0 aromatic heterocycles. The van der Waals surface area contributed by atoms with Crippen LogP contribution in [0.5, 0.6) is 17.2 Å². The molecule has 0 spiro atoms. The average molecular weight is 432 g/mol. The summed E-state index contributed by atoms with van der Waals surface area (Å²) >= 11 is 7.45. The summed E-state index contributed by atoms with van der Waals surface area (Å²) in [4.78, 5) is 12.4. The molecule has 2 aromatic carbocycles. The molecule has 152 valence electrons. The maximum Gasteiger partial charge on any atom is 0.387 e. The summed E-state index contributed by atoms with van der Waals surface area (Å²) < 4.78 is 39.3. The van der Waals surface area contributed by atoms with Crippen molar-refractivity contribution in [3.8, 4) is 17.2 Å². The third kappa shape index (κ3) is 6.17. The highest BCUT2D eigenvalue weighted by Crippen LogP contribution is 2.32. The highest BCUT2D eigenvalue weighted by atomic mass is 35.5. The van der Waals surface area contributed by atoms with Gasteiger partial charge in [-0.1, -0.05) is 17.7 Å². The van der Waals surface area contributed by atoms with Gasteiger partial charge in [0.15, 0.2) is 11.5 Å². The van der Waals surface area contributed by atoms with Crippen LogP contribution in [-0.2, 0) is 10.5 Å². The lowest BCUT2D eigenvalue weighted by Crippen LogP contribution is -2.22. The second-order valence-corrected chi connectivity index (χ2v) is 7.39. The number of methoxy groups -OCH3 is 2. The zero-order valence-electron chi connectivity index (χ0n) is 15.5. The summed E-state index contributed by atoms with van der Waals surface area (Å²) in [6, 6.07) is 9.67. The van der Waals surface area contributed by atoms with Gasteiger partial charge in [-0.15, -0.1) is 11.8 Å². The number of ether oxygens (including phenoxy) is 3. The molecule has 5 nitrogen and oxygen atoms in total. The molecule has 28 heavy (non-hydrogen) atoms. The van der Waals surface area contributed by atoms with Gasteiger partial charge >= 0.3 is 6.61 Å². The largest absolute Gasteiger partial charge is 0.495 e. The van der Waals surface area contributed by atoms with Gasteiger partial charge in [0.25, 0.3) is 0 Å². The van der Waals surface area contributed by atoms with Crippen molar-refractivity contribution < 1.29 is 27.8 Å². The Labute approximate surface area is 171 Å². The van der Waals surface area contributed by atoms with Gasteiger partial charge in [-0.2, -0.15) is 8.78 Å². The van der Waals surface area contributed by atoms with Crippen molar-refractivity contribution >= 4 is 35.0 Å². The molecule has 9 heteroatoms. The van der Waals surface area contributed by atoms with Gasteiger partial charge in [0.2, 0.25) is 5.91 Å². The topological polar surface area (TPSA) is 56.8 Å². The molecule has 0 saturated carbocycles. The third-order valence-corrected chi connectivity index (χ3v) is 5.24. The SMILES string of the molecule is COc1ccc(NC(=O)C(C)SCc2ccc(OC(F)F)c(OC)c2)cc1Cl. The predicted octanol–water partition coefficient (Wildman–Crippen LogP) is 5.22. The molecule has 0 radical (unpaired) electrons. The maximum absolute atomic E-state index is 12.4. The van der Waals surface area contributed by atoms with E-state index in [0.29, 0.717) is 22.2 Å². The third-order valence-electron chi connectivity index (χ3n) is 3.73. The van der Waals surface area contributed by atoms with Crippen LogP contribution in [0.4, 0.5) is 14.5 Å². The van der Waals surface area contributed by atoms with E-state index >= 15 is 0 Å². The van der Waals surface area contributed by atoms with Crippen LogP contribution >= 0.6 is 23.4 Å². The van der Waals surface area contributed by atoms with Crippen molar-refractivity contribution in [3.63, 3.8) is 0 Å². The molecular formula is C19H20ClF2NO4S. The molecule has 2 aromatic rings. The monoisotopic (exact) mass is 431 g/mol. The molecule has 0 aliphatic carbocycles. The van der Waals surface area contributed by atoms with Crippen molar-refractivity contribution in [2.75, 3.05) is 19.5 Å². The van der Waals surface area contributed by atoms with Crippen molar-refractivity contribution in [2.24, 2.45) is 0 Å². The Balaban J connectivity index is 1.94. The zero-order chi connectivity index (χ0) is 20.7. The van der Waals surface area contributed by atoms with E-state index in [4.69, 9.17) is 21.1 Å². The Kier molecular flexibility index (Phi) is 8.19. The number of hydrogen-bond donors (Lipinski definition) is 1. The number of hydrogen-bond acceptors (Lipinski definition) is 5. The molecule has 1 N–H and O–H groups in total. The fraction of sp³-hybridized carbons (Fsp3) is 0.316. The minimum atomic E-state index is -2.93. The van der Waals surface area contributed by atoms with Gasteiger partial charge in [0, 0.05) is 11.4 Å². The Morgan fingerprint density at radius 3 is 2.39 bits per heavy atom. The minimum Gasteiger partial charge on any atom is -0.495 e. The number of thioether (sulfide) groups is 1.